The van der Waals surface area contributed by atoms with Gasteiger partial charge in [-0.25, -0.2) is 4.98 Å². The number of aromatic nitrogens is 4. The molecule has 5 rings (SSSR count). The third-order valence-electron chi connectivity index (χ3n) is 7.14. The molecule has 41 heavy (non-hydrogen) atoms. The van der Waals surface area contributed by atoms with Gasteiger partial charge in [0.15, 0.2) is 11.6 Å². The van der Waals surface area contributed by atoms with Crippen molar-refractivity contribution in [1.29, 1.82) is 0 Å². The normalized spacial score (nSPS) is 16.4. The molecular weight excluding hydrogens is 550 g/mol. The molecule has 2 aliphatic rings. The molecule has 0 radical (unpaired) electrons. The first-order valence-corrected chi connectivity index (χ1v) is 13.6. The number of amides is 1. The Morgan fingerprint density at radius 2 is 2.05 bits per heavy atom. The highest BCUT2D eigenvalue weighted by molar-refractivity contribution is 6.41. The van der Waals surface area contributed by atoms with E-state index < -0.39 is 0 Å². The van der Waals surface area contributed by atoms with E-state index in [1.165, 1.54) is 4.90 Å². The van der Waals surface area contributed by atoms with Crippen molar-refractivity contribution >= 4 is 46.7 Å². The number of hydrogen-bond donors (Lipinski definition) is 2. The molecule has 0 bridgehead atoms. The summed E-state index contributed by atoms with van der Waals surface area (Å²) in [4.78, 5) is 46.1. The molecule has 1 saturated heterocycles. The standard InChI is InChI=1S/C28H32ClN7O5/c1-16-12-32-21(17(2)24(16)39-3)14-36-26-23(25(29)33-28(30)34-26)20(27(36)38)11-19-10-18(13-31-19)22(37)15-41-9-6-35-4-7-40-8-5-35/h10-13,31H,4-9,14-15H2,1-3H3,(H2,30,33,34)/b20-11+. The van der Waals surface area contributed by atoms with E-state index >= 15 is 0 Å². The van der Waals surface area contributed by atoms with Crippen LogP contribution in [0.15, 0.2) is 18.5 Å². The van der Waals surface area contributed by atoms with Crippen LogP contribution in [0.1, 0.15) is 38.4 Å². The number of pyridine rings is 1. The Hall–Kier alpha value is -3.84. The molecule has 13 heteroatoms. The smallest absolute Gasteiger partial charge is 0.260 e. The van der Waals surface area contributed by atoms with Crippen LogP contribution in [0.4, 0.5) is 11.8 Å². The zero-order valence-corrected chi connectivity index (χ0v) is 24.0. The average Bonchev–Trinajstić information content (AvgIpc) is 3.52. The van der Waals surface area contributed by atoms with Gasteiger partial charge in [-0.05, 0) is 26.0 Å². The second-order valence-corrected chi connectivity index (χ2v) is 10.2. The van der Waals surface area contributed by atoms with Gasteiger partial charge in [-0.1, -0.05) is 11.6 Å². The molecule has 2 aliphatic heterocycles. The summed E-state index contributed by atoms with van der Waals surface area (Å²) in [6.07, 6.45) is 4.91. The number of nitrogen functional groups attached to an aromatic ring is 1. The molecular formula is C28H32ClN7O5. The van der Waals surface area contributed by atoms with Gasteiger partial charge in [0.05, 0.1) is 50.3 Å². The van der Waals surface area contributed by atoms with Gasteiger partial charge in [-0.2, -0.15) is 4.98 Å². The van der Waals surface area contributed by atoms with Crippen LogP contribution in [-0.2, 0) is 20.8 Å². The van der Waals surface area contributed by atoms with Crippen molar-refractivity contribution in [3.05, 3.63) is 57.3 Å². The summed E-state index contributed by atoms with van der Waals surface area (Å²) < 4.78 is 16.5. The molecule has 0 aromatic carbocycles. The van der Waals surface area contributed by atoms with Crippen LogP contribution in [0.25, 0.3) is 11.6 Å². The number of aromatic amines is 1. The van der Waals surface area contributed by atoms with Crippen molar-refractivity contribution in [2.24, 2.45) is 0 Å². The molecule has 0 atom stereocenters. The first-order chi connectivity index (χ1) is 19.8. The van der Waals surface area contributed by atoms with Crippen LogP contribution >= 0.6 is 11.6 Å². The SMILES string of the molecule is COc1c(C)cnc(CN2C(=O)/C(=C/c3cc(C(=O)COCCN4CCOCC4)c[nH]3)c3c(Cl)nc(N)nc32)c1C. The summed E-state index contributed by atoms with van der Waals surface area (Å²) in [5.74, 6) is 0.413. The fourth-order valence-electron chi connectivity index (χ4n) is 4.95. The predicted molar refractivity (Wildman–Crippen MR) is 154 cm³/mol. The molecule has 1 fully saturated rings. The number of ketones is 1. The van der Waals surface area contributed by atoms with E-state index in [9.17, 15) is 9.59 Å². The number of morpholine rings is 1. The van der Waals surface area contributed by atoms with Crippen molar-refractivity contribution in [3.8, 4) is 5.75 Å². The first-order valence-electron chi connectivity index (χ1n) is 13.2. The number of H-pyrrole nitrogens is 1. The number of ether oxygens (including phenoxy) is 3. The summed E-state index contributed by atoms with van der Waals surface area (Å²) in [6, 6.07) is 1.67. The zero-order valence-electron chi connectivity index (χ0n) is 23.2. The van der Waals surface area contributed by atoms with Gasteiger partial charge in [-0.3, -0.25) is 24.4 Å². The van der Waals surface area contributed by atoms with E-state index in [4.69, 9.17) is 31.5 Å². The Morgan fingerprint density at radius 3 is 2.80 bits per heavy atom. The topological polar surface area (TPSA) is 149 Å². The highest BCUT2D eigenvalue weighted by Gasteiger charge is 2.37. The minimum Gasteiger partial charge on any atom is -0.496 e. The Balaban J connectivity index is 1.34. The highest BCUT2D eigenvalue weighted by Crippen LogP contribution is 2.41. The third kappa shape index (κ3) is 6.10. The minimum atomic E-state index is -0.350. The number of aryl methyl sites for hydroxylation is 1. The maximum Gasteiger partial charge on any atom is 0.260 e. The monoisotopic (exact) mass is 581 g/mol. The van der Waals surface area contributed by atoms with Crippen molar-refractivity contribution < 1.29 is 23.8 Å². The number of nitrogens with two attached hydrogens (primary N) is 1. The van der Waals surface area contributed by atoms with Gasteiger partial charge in [0, 0.05) is 54.4 Å². The summed E-state index contributed by atoms with van der Waals surface area (Å²) in [7, 11) is 1.59. The Morgan fingerprint density at radius 1 is 1.27 bits per heavy atom. The molecule has 216 valence electrons. The van der Waals surface area contributed by atoms with Crippen LogP contribution in [0.5, 0.6) is 5.75 Å². The fraction of sp³-hybridized carbons (Fsp3) is 0.393. The number of nitrogens with zero attached hydrogens (tertiary/aromatic N) is 5. The predicted octanol–water partition coefficient (Wildman–Crippen LogP) is 2.68. The van der Waals surface area contributed by atoms with Crippen molar-refractivity contribution in [1.82, 2.24) is 24.8 Å². The van der Waals surface area contributed by atoms with E-state index in [-0.39, 0.29) is 47.3 Å². The third-order valence-corrected chi connectivity index (χ3v) is 7.41. The molecule has 3 N–H and O–H groups in total. The van der Waals surface area contributed by atoms with Crippen molar-refractivity contribution in [2.45, 2.75) is 20.4 Å². The molecule has 0 unspecified atom stereocenters. The maximum atomic E-state index is 13.7. The quantitative estimate of drug-likeness (QED) is 0.158. The van der Waals surface area contributed by atoms with Crippen LogP contribution in [0.2, 0.25) is 5.15 Å². The lowest BCUT2D eigenvalue weighted by atomic mass is 10.1. The molecule has 0 saturated carbocycles. The second kappa shape index (κ2) is 12.4. The van der Waals surface area contributed by atoms with Gasteiger partial charge in [0.1, 0.15) is 17.5 Å². The molecule has 0 aliphatic carbocycles. The van der Waals surface area contributed by atoms with Crippen molar-refractivity contribution in [3.63, 3.8) is 0 Å². The number of anilines is 2. The van der Waals surface area contributed by atoms with Gasteiger partial charge in [-0.15, -0.1) is 0 Å². The van der Waals surface area contributed by atoms with Crippen LogP contribution < -0.4 is 15.4 Å². The van der Waals surface area contributed by atoms with Crippen LogP contribution in [-0.4, -0.2) is 89.7 Å². The second-order valence-electron chi connectivity index (χ2n) is 9.84. The number of hydrogen-bond acceptors (Lipinski definition) is 10. The fourth-order valence-corrected chi connectivity index (χ4v) is 5.23. The molecule has 5 heterocycles. The number of carbonyl (C=O) groups is 2. The maximum absolute atomic E-state index is 13.7. The van der Waals surface area contributed by atoms with Crippen LogP contribution in [0.3, 0.4) is 0 Å². The molecule has 12 nitrogen and oxygen atoms in total. The van der Waals surface area contributed by atoms with Gasteiger partial charge in [0.25, 0.3) is 5.91 Å². The Kier molecular flexibility index (Phi) is 8.64. The lowest BCUT2D eigenvalue weighted by Gasteiger charge is -2.26. The molecule has 0 spiro atoms. The van der Waals surface area contributed by atoms with Crippen molar-refractivity contribution in [2.75, 3.05) is 63.8 Å². The largest absolute Gasteiger partial charge is 0.496 e. The van der Waals surface area contributed by atoms with E-state index in [1.54, 1.807) is 31.6 Å². The Bertz CT molecular complexity index is 1500. The number of carbonyl (C=O) groups excluding carboxylic acids is 2. The Labute approximate surface area is 242 Å². The number of fused-ring (bicyclic) bond motifs is 1. The number of rotatable bonds is 10. The van der Waals surface area contributed by atoms with Gasteiger partial charge >= 0.3 is 0 Å². The molecule has 3 aromatic rings. The van der Waals surface area contributed by atoms with Gasteiger partial charge < -0.3 is 24.9 Å². The minimum absolute atomic E-state index is 0.0426. The van der Waals surface area contributed by atoms with Crippen LogP contribution in [0, 0.1) is 13.8 Å². The average molecular weight is 582 g/mol. The highest BCUT2D eigenvalue weighted by atomic mass is 35.5. The molecule has 1 amide bonds. The lowest BCUT2D eigenvalue weighted by molar-refractivity contribution is -0.113. The number of nitrogens with one attached hydrogen (secondary N) is 1. The number of Topliss-reactive ketones (excluding diaryl/α,β-unsaturated/α-hetero) is 1. The van der Waals surface area contributed by atoms with E-state index in [1.807, 2.05) is 13.8 Å². The first kappa shape index (κ1) is 28.7. The van der Waals surface area contributed by atoms with Gasteiger partial charge in [0.2, 0.25) is 5.95 Å². The summed E-state index contributed by atoms with van der Waals surface area (Å²) in [6.45, 7) is 8.23. The van der Waals surface area contributed by atoms with E-state index in [2.05, 4.69) is 24.8 Å². The van der Waals surface area contributed by atoms with E-state index in [0.717, 1.165) is 30.8 Å². The zero-order chi connectivity index (χ0) is 29.1. The summed E-state index contributed by atoms with van der Waals surface area (Å²) in [5.41, 5.74) is 9.84. The molecule has 3 aromatic heterocycles. The van der Waals surface area contributed by atoms with E-state index in [0.29, 0.717) is 48.1 Å². The summed E-state index contributed by atoms with van der Waals surface area (Å²) >= 11 is 6.47. The lowest BCUT2D eigenvalue weighted by Crippen LogP contribution is -2.38. The summed E-state index contributed by atoms with van der Waals surface area (Å²) in [5, 5.41) is 0.0530. The number of halogens is 1. The number of methoxy groups -OCH3 is 1.